The van der Waals surface area contributed by atoms with Crippen molar-refractivity contribution in [2.75, 3.05) is 12.3 Å². The van der Waals surface area contributed by atoms with E-state index >= 15 is 0 Å². The lowest BCUT2D eigenvalue weighted by atomic mass is 10.2. The van der Waals surface area contributed by atoms with Crippen molar-refractivity contribution in [3.63, 3.8) is 0 Å². The molecule has 0 spiro atoms. The Bertz CT molecular complexity index is 968. The normalized spacial score (nSPS) is 10.7. The standard InChI is InChI=1S/C22H24N4O2S/c1-16-10-12-19(13-11-16)26-21(9-6-14-23-17(2)27)24-25-22(26)29-15-20(28)18-7-4-3-5-8-18/h3-5,7-8,10-13H,6,9,14-15H2,1-2H3,(H,23,27). The minimum atomic E-state index is -0.0410. The van der Waals surface area contributed by atoms with Gasteiger partial charge in [-0.15, -0.1) is 10.2 Å². The number of rotatable bonds is 9. The molecule has 150 valence electrons. The van der Waals surface area contributed by atoms with Gasteiger partial charge in [-0.3, -0.25) is 14.2 Å². The molecule has 3 rings (SSSR count). The van der Waals surface area contributed by atoms with Crippen LogP contribution in [0.15, 0.2) is 59.8 Å². The Kier molecular flexibility index (Phi) is 7.19. The Morgan fingerprint density at radius 3 is 2.45 bits per heavy atom. The van der Waals surface area contributed by atoms with Crippen LogP contribution in [0.4, 0.5) is 0 Å². The second-order valence-corrected chi connectivity index (χ2v) is 7.68. The monoisotopic (exact) mass is 408 g/mol. The molecule has 0 saturated heterocycles. The van der Waals surface area contributed by atoms with Gasteiger partial charge in [-0.05, 0) is 25.5 Å². The smallest absolute Gasteiger partial charge is 0.216 e. The van der Waals surface area contributed by atoms with Crippen LogP contribution in [0.2, 0.25) is 0 Å². The Morgan fingerprint density at radius 2 is 1.76 bits per heavy atom. The molecular formula is C22H24N4O2S. The number of aromatic nitrogens is 3. The second-order valence-electron chi connectivity index (χ2n) is 6.73. The van der Waals surface area contributed by atoms with E-state index in [0.717, 1.165) is 17.9 Å². The summed E-state index contributed by atoms with van der Waals surface area (Å²) in [5.41, 5.74) is 2.82. The van der Waals surface area contributed by atoms with Crippen LogP contribution in [0.1, 0.15) is 35.1 Å². The van der Waals surface area contributed by atoms with E-state index in [1.54, 1.807) is 0 Å². The van der Waals surface area contributed by atoms with Gasteiger partial charge in [0.1, 0.15) is 5.82 Å². The van der Waals surface area contributed by atoms with E-state index in [-0.39, 0.29) is 11.7 Å². The average Bonchev–Trinajstić information content (AvgIpc) is 3.13. The van der Waals surface area contributed by atoms with Gasteiger partial charge in [0.25, 0.3) is 0 Å². The number of aryl methyl sites for hydroxylation is 2. The summed E-state index contributed by atoms with van der Waals surface area (Å²) >= 11 is 1.38. The maximum atomic E-state index is 12.5. The molecule has 0 fully saturated rings. The van der Waals surface area contributed by atoms with Gasteiger partial charge >= 0.3 is 0 Å². The highest BCUT2D eigenvalue weighted by Crippen LogP contribution is 2.24. The fourth-order valence-electron chi connectivity index (χ4n) is 2.86. The zero-order chi connectivity index (χ0) is 20.6. The molecule has 0 saturated carbocycles. The van der Waals surface area contributed by atoms with E-state index in [2.05, 4.69) is 15.5 Å². The average molecular weight is 409 g/mol. The minimum absolute atomic E-state index is 0.0410. The number of amides is 1. The van der Waals surface area contributed by atoms with E-state index in [1.807, 2.05) is 66.1 Å². The number of hydrogen-bond acceptors (Lipinski definition) is 5. The van der Waals surface area contributed by atoms with E-state index in [1.165, 1.54) is 24.2 Å². The SMILES string of the molecule is CC(=O)NCCCc1nnc(SCC(=O)c2ccccc2)n1-c1ccc(C)cc1. The lowest BCUT2D eigenvalue weighted by molar-refractivity contribution is -0.118. The molecule has 0 unspecified atom stereocenters. The second kappa shape index (κ2) is 10.0. The lowest BCUT2D eigenvalue weighted by Gasteiger charge is -2.11. The van der Waals surface area contributed by atoms with Crippen LogP contribution in [0.3, 0.4) is 0 Å². The van der Waals surface area contributed by atoms with E-state index in [9.17, 15) is 9.59 Å². The number of hydrogen-bond donors (Lipinski definition) is 1. The van der Waals surface area contributed by atoms with Crippen molar-refractivity contribution in [1.82, 2.24) is 20.1 Å². The third-order valence-corrected chi connectivity index (χ3v) is 5.30. The molecule has 6 nitrogen and oxygen atoms in total. The Balaban J connectivity index is 1.77. The highest BCUT2D eigenvalue weighted by Gasteiger charge is 2.16. The fraction of sp³-hybridized carbons (Fsp3) is 0.273. The first-order chi connectivity index (χ1) is 14.0. The zero-order valence-corrected chi connectivity index (χ0v) is 17.4. The summed E-state index contributed by atoms with van der Waals surface area (Å²) in [6.45, 7) is 4.14. The number of Topliss-reactive ketones (excluding diaryl/α,β-unsaturated/α-hetero) is 1. The Hall–Kier alpha value is -2.93. The van der Waals surface area contributed by atoms with E-state index in [4.69, 9.17) is 0 Å². The molecule has 7 heteroatoms. The summed E-state index contributed by atoms with van der Waals surface area (Å²) in [7, 11) is 0. The molecule has 0 aliphatic rings. The highest BCUT2D eigenvalue weighted by molar-refractivity contribution is 7.99. The van der Waals surface area contributed by atoms with Gasteiger partial charge in [-0.2, -0.15) is 0 Å². The van der Waals surface area contributed by atoms with Crippen LogP contribution in [0.25, 0.3) is 5.69 Å². The molecule has 29 heavy (non-hydrogen) atoms. The molecule has 0 atom stereocenters. The molecule has 0 radical (unpaired) electrons. The van der Waals surface area contributed by atoms with Crippen molar-refractivity contribution < 1.29 is 9.59 Å². The molecule has 0 aliphatic carbocycles. The summed E-state index contributed by atoms with van der Waals surface area (Å²) in [5, 5.41) is 12.2. The largest absolute Gasteiger partial charge is 0.356 e. The van der Waals surface area contributed by atoms with Crippen molar-refractivity contribution in [1.29, 1.82) is 0 Å². The number of ketones is 1. The van der Waals surface area contributed by atoms with Crippen LogP contribution in [-0.2, 0) is 11.2 Å². The molecule has 0 bridgehead atoms. The van der Waals surface area contributed by atoms with Gasteiger partial charge in [0.2, 0.25) is 5.91 Å². The number of carbonyl (C=O) groups excluding carboxylic acids is 2. The minimum Gasteiger partial charge on any atom is -0.356 e. The van der Waals surface area contributed by atoms with Crippen molar-refractivity contribution >= 4 is 23.5 Å². The third kappa shape index (κ3) is 5.77. The molecule has 1 N–H and O–H groups in total. The highest BCUT2D eigenvalue weighted by atomic mass is 32.2. The summed E-state index contributed by atoms with van der Waals surface area (Å²) in [6.07, 6.45) is 1.44. The van der Waals surface area contributed by atoms with Gasteiger partial charge in [-0.1, -0.05) is 59.8 Å². The third-order valence-electron chi connectivity index (χ3n) is 4.37. The van der Waals surface area contributed by atoms with Gasteiger partial charge in [0, 0.05) is 31.1 Å². The van der Waals surface area contributed by atoms with Crippen LogP contribution in [0.5, 0.6) is 0 Å². The topological polar surface area (TPSA) is 76.9 Å². The Morgan fingerprint density at radius 1 is 1.03 bits per heavy atom. The summed E-state index contributed by atoms with van der Waals surface area (Å²) in [6, 6.07) is 17.4. The van der Waals surface area contributed by atoms with Crippen LogP contribution >= 0.6 is 11.8 Å². The van der Waals surface area contributed by atoms with Gasteiger partial charge < -0.3 is 5.32 Å². The molecule has 1 amide bonds. The number of benzene rings is 2. The number of thioether (sulfide) groups is 1. The number of nitrogens with one attached hydrogen (secondary N) is 1. The molecule has 1 heterocycles. The quantitative estimate of drug-likeness (QED) is 0.332. The summed E-state index contributed by atoms with van der Waals surface area (Å²) < 4.78 is 2.00. The Labute approximate surface area is 174 Å². The predicted molar refractivity (Wildman–Crippen MR) is 115 cm³/mol. The molecule has 1 aromatic heterocycles. The lowest BCUT2D eigenvalue weighted by Crippen LogP contribution is -2.21. The number of nitrogens with zero attached hydrogens (tertiary/aromatic N) is 3. The molecule has 2 aromatic carbocycles. The van der Waals surface area contributed by atoms with Crippen molar-refractivity contribution in [2.45, 2.75) is 31.8 Å². The molecule has 3 aromatic rings. The van der Waals surface area contributed by atoms with Gasteiger partial charge in [0.15, 0.2) is 10.9 Å². The van der Waals surface area contributed by atoms with Crippen molar-refractivity contribution in [3.8, 4) is 5.69 Å². The zero-order valence-electron chi connectivity index (χ0n) is 16.6. The first kappa shape index (κ1) is 20.8. The van der Waals surface area contributed by atoms with E-state index < -0.39 is 0 Å². The molecule has 0 aliphatic heterocycles. The van der Waals surface area contributed by atoms with Crippen molar-refractivity contribution in [2.24, 2.45) is 0 Å². The fourth-order valence-corrected chi connectivity index (χ4v) is 3.72. The number of carbonyl (C=O) groups is 2. The van der Waals surface area contributed by atoms with Crippen molar-refractivity contribution in [3.05, 3.63) is 71.5 Å². The maximum absolute atomic E-state index is 12.5. The van der Waals surface area contributed by atoms with Crippen LogP contribution in [-0.4, -0.2) is 38.8 Å². The summed E-state index contributed by atoms with van der Waals surface area (Å²) in [4.78, 5) is 23.5. The summed E-state index contributed by atoms with van der Waals surface area (Å²) in [5.74, 6) is 1.12. The van der Waals surface area contributed by atoms with E-state index in [0.29, 0.717) is 29.4 Å². The first-order valence-corrected chi connectivity index (χ1v) is 10.5. The van der Waals surface area contributed by atoms with Gasteiger partial charge in [-0.25, -0.2) is 0 Å². The van der Waals surface area contributed by atoms with Gasteiger partial charge in [0.05, 0.1) is 5.75 Å². The molecular weight excluding hydrogens is 384 g/mol. The predicted octanol–water partition coefficient (Wildman–Crippen LogP) is 3.62. The van der Waals surface area contributed by atoms with Crippen LogP contribution in [0, 0.1) is 6.92 Å². The first-order valence-electron chi connectivity index (χ1n) is 9.51. The maximum Gasteiger partial charge on any atom is 0.216 e. The van der Waals surface area contributed by atoms with Crippen LogP contribution < -0.4 is 5.32 Å².